The highest BCUT2D eigenvalue weighted by Crippen LogP contribution is 2.35. The van der Waals surface area contributed by atoms with Crippen LogP contribution in [0.25, 0.3) is 0 Å². The Morgan fingerprint density at radius 2 is 2.26 bits per heavy atom. The van der Waals surface area contributed by atoms with Crippen LogP contribution in [0.1, 0.15) is 18.4 Å². The maximum absolute atomic E-state index is 12.2. The van der Waals surface area contributed by atoms with Crippen LogP contribution in [0.4, 0.5) is 5.69 Å². The molecule has 1 fully saturated rings. The van der Waals surface area contributed by atoms with E-state index in [1.807, 2.05) is 4.90 Å². The predicted octanol–water partition coefficient (Wildman–Crippen LogP) is 0.532. The summed E-state index contributed by atoms with van der Waals surface area (Å²) in [6, 6.07) is 4.85. The summed E-state index contributed by atoms with van der Waals surface area (Å²) < 4.78 is 27.0. The largest absolute Gasteiger partial charge is 0.481 e. The Kier molecular flexibility index (Phi) is 2.75. The van der Waals surface area contributed by atoms with Crippen LogP contribution >= 0.6 is 0 Å². The van der Waals surface area contributed by atoms with Crippen LogP contribution in [0.5, 0.6) is 0 Å². The molecule has 1 unspecified atom stereocenters. The number of fused-ring (bicyclic) bond motifs is 3. The third kappa shape index (κ3) is 2.08. The summed E-state index contributed by atoms with van der Waals surface area (Å²) in [6.07, 6.45) is 1.41. The van der Waals surface area contributed by atoms with Crippen molar-refractivity contribution in [2.24, 2.45) is 0 Å². The summed E-state index contributed by atoms with van der Waals surface area (Å²) in [5.41, 5.74) is 1.17. The van der Waals surface area contributed by atoms with Crippen LogP contribution in [0, 0.1) is 0 Å². The molecule has 0 bridgehead atoms. The molecule has 6 nitrogen and oxygen atoms in total. The molecule has 1 aromatic rings. The van der Waals surface area contributed by atoms with Crippen molar-refractivity contribution in [3.8, 4) is 0 Å². The molecule has 2 N–H and O–H groups in total. The van der Waals surface area contributed by atoms with Gasteiger partial charge in [0.05, 0.1) is 18.3 Å². The van der Waals surface area contributed by atoms with Gasteiger partial charge in [0.25, 0.3) is 0 Å². The van der Waals surface area contributed by atoms with Crippen LogP contribution in [-0.4, -0.2) is 32.2 Å². The van der Waals surface area contributed by atoms with E-state index in [1.165, 1.54) is 6.07 Å². The van der Waals surface area contributed by atoms with Gasteiger partial charge in [-0.15, -0.1) is 0 Å². The molecule has 2 aliphatic rings. The molecule has 0 spiro atoms. The number of nitrogens with one attached hydrogen (secondary N) is 1. The number of sulfonamides is 1. The van der Waals surface area contributed by atoms with Gasteiger partial charge in [-0.1, -0.05) is 6.07 Å². The molecule has 102 valence electrons. The quantitative estimate of drug-likeness (QED) is 0.826. The third-order valence-corrected chi connectivity index (χ3v) is 5.01. The molecule has 3 rings (SSSR count). The highest BCUT2D eigenvalue weighted by molar-refractivity contribution is 7.89. The number of anilines is 1. The van der Waals surface area contributed by atoms with E-state index in [0.717, 1.165) is 19.4 Å². The maximum Gasteiger partial charge on any atom is 0.307 e. The maximum atomic E-state index is 12.2. The van der Waals surface area contributed by atoms with E-state index in [2.05, 4.69) is 4.72 Å². The van der Waals surface area contributed by atoms with Crippen LogP contribution in [0.15, 0.2) is 23.1 Å². The van der Waals surface area contributed by atoms with Gasteiger partial charge in [-0.2, -0.15) is 4.72 Å². The van der Waals surface area contributed by atoms with Crippen molar-refractivity contribution >= 4 is 21.7 Å². The van der Waals surface area contributed by atoms with Crippen molar-refractivity contribution in [3.05, 3.63) is 23.8 Å². The van der Waals surface area contributed by atoms with Crippen molar-refractivity contribution < 1.29 is 18.3 Å². The van der Waals surface area contributed by atoms with Gasteiger partial charge in [-0.25, -0.2) is 8.42 Å². The molecule has 1 atom stereocenters. The average Bonchev–Trinajstić information content (AvgIpc) is 2.75. The van der Waals surface area contributed by atoms with E-state index >= 15 is 0 Å². The number of hydrogen-bond acceptors (Lipinski definition) is 4. The molecule has 0 aliphatic carbocycles. The SMILES string of the molecule is O=C(O)Cc1ccc2c(c1)S(=O)(=O)NC1CCCN21. The zero-order valence-electron chi connectivity index (χ0n) is 10.2. The number of nitrogens with zero attached hydrogens (tertiary/aromatic N) is 1. The summed E-state index contributed by atoms with van der Waals surface area (Å²) >= 11 is 0. The number of aliphatic carboxylic acids is 1. The summed E-state index contributed by atoms with van der Waals surface area (Å²) in [5.74, 6) is -0.972. The smallest absolute Gasteiger partial charge is 0.307 e. The monoisotopic (exact) mass is 282 g/mol. The Bertz CT molecular complexity index is 641. The third-order valence-electron chi connectivity index (χ3n) is 3.52. The van der Waals surface area contributed by atoms with Crippen molar-refractivity contribution in [3.63, 3.8) is 0 Å². The first kappa shape index (κ1) is 12.4. The second-order valence-corrected chi connectivity index (χ2v) is 6.53. The zero-order chi connectivity index (χ0) is 13.6. The van der Waals surface area contributed by atoms with Crippen LogP contribution in [-0.2, 0) is 21.2 Å². The lowest BCUT2D eigenvalue weighted by molar-refractivity contribution is -0.136. The molecule has 0 radical (unpaired) electrons. The fourth-order valence-electron chi connectivity index (χ4n) is 2.72. The van der Waals surface area contributed by atoms with E-state index in [0.29, 0.717) is 11.3 Å². The van der Waals surface area contributed by atoms with E-state index in [1.54, 1.807) is 12.1 Å². The van der Waals surface area contributed by atoms with E-state index in [9.17, 15) is 13.2 Å². The van der Waals surface area contributed by atoms with Crippen molar-refractivity contribution in [1.29, 1.82) is 0 Å². The molecular weight excluding hydrogens is 268 g/mol. The number of hydrogen-bond donors (Lipinski definition) is 2. The summed E-state index contributed by atoms with van der Waals surface area (Å²) in [7, 11) is -3.54. The molecule has 1 saturated heterocycles. The van der Waals surface area contributed by atoms with Crippen LogP contribution < -0.4 is 9.62 Å². The van der Waals surface area contributed by atoms with Gasteiger partial charge in [-0.3, -0.25) is 4.79 Å². The number of carbonyl (C=O) groups is 1. The van der Waals surface area contributed by atoms with Gasteiger partial charge < -0.3 is 10.0 Å². The Balaban J connectivity index is 2.09. The summed E-state index contributed by atoms with van der Waals surface area (Å²) in [4.78, 5) is 12.9. The minimum absolute atomic E-state index is 0.164. The van der Waals surface area contributed by atoms with Gasteiger partial charge in [0.15, 0.2) is 0 Å². The summed E-state index contributed by atoms with van der Waals surface area (Å²) in [5, 5.41) is 8.78. The lowest BCUT2D eigenvalue weighted by atomic mass is 10.1. The highest BCUT2D eigenvalue weighted by atomic mass is 32.2. The Hall–Kier alpha value is -1.60. The molecule has 2 aliphatic heterocycles. The predicted molar refractivity (Wildman–Crippen MR) is 68.5 cm³/mol. The first-order valence-electron chi connectivity index (χ1n) is 6.11. The Morgan fingerprint density at radius 1 is 1.47 bits per heavy atom. The lowest BCUT2D eigenvalue weighted by Gasteiger charge is -2.34. The van der Waals surface area contributed by atoms with Crippen molar-refractivity contribution in [2.75, 3.05) is 11.4 Å². The van der Waals surface area contributed by atoms with Crippen molar-refractivity contribution in [1.82, 2.24) is 4.72 Å². The molecule has 0 aromatic heterocycles. The standard InChI is InChI=1S/C12H14N2O4S/c15-12(16)7-8-3-4-9-10(6-8)19(17,18)13-11-2-1-5-14(9)11/h3-4,6,11,13H,1-2,5,7H2,(H,15,16). The number of carboxylic acid groups (broad SMARTS) is 1. The lowest BCUT2D eigenvalue weighted by Crippen LogP contribution is -2.48. The second kappa shape index (κ2) is 4.21. The first-order valence-corrected chi connectivity index (χ1v) is 7.59. The molecular formula is C12H14N2O4S. The Labute approximate surface area is 111 Å². The van der Waals surface area contributed by atoms with E-state index < -0.39 is 16.0 Å². The second-order valence-electron chi connectivity index (χ2n) is 4.85. The summed E-state index contributed by atoms with van der Waals surface area (Å²) in [6.45, 7) is 0.818. The fourth-order valence-corrected chi connectivity index (χ4v) is 4.21. The first-order chi connectivity index (χ1) is 8.97. The molecule has 0 saturated carbocycles. The minimum Gasteiger partial charge on any atom is -0.481 e. The van der Waals surface area contributed by atoms with Gasteiger partial charge in [0, 0.05) is 6.54 Å². The van der Waals surface area contributed by atoms with E-state index in [-0.39, 0.29) is 17.5 Å². The molecule has 19 heavy (non-hydrogen) atoms. The fraction of sp³-hybridized carbons (Fsp3) is 0.417. The topological polar surface area (TPSA) is 86.7 Å². The van der Waals surface area contributed by atoms with Crippen LogP contribution in [0.3, 0.4) is 0 Å². The van der Waals surface area contributed by atoms with Crippen LogP contribution in [0.2, 0.25) is 0 Å². The highest BCUT2D eigenvalue weighted by Gasteiger charge is 2.37. The number of benzene rings is 1. The van der Waals surface area contributed by atoms with E-state index in [4.69, 9.17) is 5.11 Å². The Morgan fingerprint density at radius 3 is 3.00 bits per heavy atom. The van der Waals surface area contributed by atoms with Gasteiger partial charge >= 0.3 is 5.97 Å². The molecule has 7 heteroatoms. The molecule has 2 heterocycles. The number of carboxylic acids is 1. The minimum atomic E-state index is -3.54. The van der Waals surface area contributed by atoms with Gasteiger partial charge in [0.2, 0.25) is 10.0 Å². The molecule has 1 aromatic carbocycles. The number of rotatable bonds is 2. The molecule has 0 amide bonds. The van der Waals surface area contributed by atoms with Crippen molar-refractivity contribution in [2.45, 2.75) is 30.3 Å². The zero-order valence-corrected chi connectivity index (χ0v) is 11.0. The van der Waals surface area contributed by atoms with Gasteiger partial charge in [-0.05, 0) is 30.5 Å². The normalized spacial score (nSPS) is 23.8. The average molecular weight is 282 g/mol. The van der Waals surface area contributed by atoms with Gasteiger partial charge in [0.1, 0.15) is 4.90 Å².